The molecule has 0 saturated heterocycles. The maximum absolute atomic E-state index is 12.9. The molecule has 0 fully saturated rings. The number of hydrogen-bond donors (Lipinski definition) is 2. The van der Waals surface area contributed by atoms with Crippen molar-refractivity contribution in [2.75, 3.05) is 12.4 Å². The van der Waals surface area contributed by atoms with Crippen molar-refractivity contribution >= 4 is 40.7 Å². The number of rotatable bonds is 3. The van der Waals surface area contributed by atoms with E-state index >= 15 is 0 Å². The van der Waals surface area contributed by atoms with Gasteiger partial charge in [0.2, 0.25) is 0 Å². The molecular weight excluding hydrogens is 360 g/mol. The van der Waals surface area contributed by atoms with E-state index in [0.29, 0.717) is 27.3 Å². The van der Waals surface area contributed by atoms with Gasteiger partial charge in [-0.15, -0.1) is 0 Å². The predicted octanol–water partition coefficient (Wildman–Crippen LogP) is 3.41. The summed E-state index contributed by atoms with van der Waals surface area (Å²) in [7, 11) is 1.82. The third-order valence-corrected chi connectivity index (χ3v) is 4.72. The molecule has 1 amide bonds. The molecule has 8 heteroatoms. The number of nitrogens with zero attached hydrogens (tertiary/aromatic N) is 2. The second-order valence-electron chi connectivity index (χ2n) is 5.77. The van der Waals surface area contributed by atoms with Gasteiger partial charge in [-0.25, -0.2) is 0 Å². The van der Waals surface area contributed by atoms with E-state index in [1.54, 1.807) is 30.0 Å². The van der Waals surface area contributed by atoms with Crippen LogP contribution < -0.4 is 10.6 Å². The topological polar surface area (TPSA) is 70.4 Å². The van der Waals surface area contributed by atoms with Crippen LogP contribution >= 0.6 is 23.8 Å². The first-order chi connectivity index (χ1) is 11.9. The molecule has 0 aliphatic carbocycles. The molecule has 1 aliphatic rings. The van der Waals surface area contributed by atoms with Crippen molar-refractivity contribution in [2.45, 2.75) is 19.9 Å². The summed E-state index contributed by atoms with van der Waals surface area (Å²) in [6, 6.07) is 8.59. The largest absolute Gasteiger partial charge is 0.360 e. The summed E-state index contributed by atoms with van der Waals surface area (Å²) < 4.78 is 5.00. The van der Waals surface area contributed by atoms with Crippen LogP contribution in [0.4, 0.5) is 5.82 Å². The van der Waals surface area contributed by atoms with Crippen LogP contribution in [0.15, 0.2) is 46.1 Å². The van der Waals surface area contributed by atoms with Gasteiger partial charge >= 0.3 is 0 Å². The SMILES string of the molecule is CC1=C(C(=O)Nc2cc(C)on2)C(c2ccc(Cl)cc2)NC(=S)N1C. The highest BCUT2D eigenvalue weighted by molar-refractivity contribution is 7.80. The lowest BCUT2D eigenvalue weighted by Crippen LogP contribution is -2.46. The van der Waals surface area contributed by atoms with Crippen LogP contribution in [0.1, 0.15) is 24.3 Å². The molecule has 1 aromatic heterocycles. The fraction of sp³-hybridized carbons (Fsp3) is 0.235. The fourth-order valence-corrected chi connectivity index (χ4v) is 3.02. The number of anilines is 1. The normalized spacial score (nSPS) is 17.5. The van der Waals surface area contributed by atoms with E-state index in [4.69, 9.17) is 28.3 Å². The standard InChI is InChI=1S/C17H17ClN4O2S/c1-9-8-13(21-24-9)19-16(23)14-10(2)22(3)17(25)20-15(14)11-4-6-12(18)7-5-11/h4-8,15H,1-3H3,(H,20,25)(H,19,21,23). The Bertz CT molecular complexity index is 860. The summed E-state index contributed by atoms with van der Waals surface area (Å²) in [4.78, 5) is 14.7. The molecule has 0 spiro atoms. The highest BCUT2D eigenvalue weighted by atomic mass is 35.5. The number of benzene rings is 1. The Kier molecular flexibility index (Phi) is 4.78. The van der Waals surface area contributed by atoms with Crippen molar-refractivity contribution < 1.29 is 9.32 Å². The Morgan fingerprint density at radius 2 is 2.04 bits per heavy atom. The molecule has 1 aromatic carbocycles. The first-order valence-corrected chi connectivity index (χ1v) is 8.40. The second-order valence-corrected chi connectivity index (χ2v) is 6.59. The van der Waals surface area contributed by atoms with E-state index in [1.165, 1.54) is 0 Å². The molecule has 2 aromatic rings. The van der Waals surface area contributed by atoms with Gasteiger partial charge in [0, 0.05) is 23.8 Å². The molecule has 0 bridgehead atoms. The minimum absolute atomic E-state index is 0.271. The Morgan fingerprint density at radius 1 is 1.36 bits per heavy atom. The molecule has 1 unspecified atom stereocenters. The number of thiocarbonyl (C=S) groups is 1. The first kappa shape index (κ1) is 17.4. The lowest BCUT2D eigenvalue weighted by atomic mass is 9.94. The average molecular weight is 377 g/mol. The van der Waals surface area contributed by atoms with Crippen molar-refractivity contribution in [2.24, 2.45) is 0 Å². The van der Waals surface area contributed by atoms with Gasteiger partial charge < -0.3 is 20.1 Å². The zero-order chi connectivity index (χ0) is 18.1. The number of carbonyl (C=O) groups is 1. The molecule has 2 heterocycles. The lowest BCUT2D eigenvalue weighted by molar-refractivity contribution is -0.113. The maximum Gasteiger partial charge on any atom is 0.257 e. The number of hydrogen-bond acceptors (Lipinski definition) is 4. The number of aromatic nitrogens is 1. The van der Waals surface area contributed by atoms with Crippen molar-refractivity contribution in [1.29, 1.82) is 0 Å². The zero-order valence-electron chi connectivity index (χ0n) is 14.0. The molecular formula is C17H17ClN4O2S. The minimum Gasteiger partial charge on any atom is -0.360 e. The molecule has 2 N–H and O–H groups in total. The summed E-state index contributed by atoms with van der Waals surface area (Å²) >= 11 is 11.4. The fourth-order valence-electron chi connectivity index (χ4n) is 2.64. The Labute approximate surface area is 155 Å². The van der Waals surface area contributed by atoms with Gasteiger partial charge in [0.1, 0.15) is 5.76 Å². The number of nitrogens with one attached hydrogen (secondary N) is 2. The van der Waals surface area contributed by atoms with E-state index in [9.17, 15) is 4.79 Å². The molecule has 0 saturated carbocycles. The first-order valence-electron chi connectivity index (χ1n) is 7.62. The summed E-state index contributed by atoms with van der Waals surface area (Å²) in [5.74, 6) is 0.719. The average Bonchev–Trinajstić information content (AvgIpc) is 2.97. The molecule has 1 atom stereocenters. The van der Waals surface area contributed by atoms with Gasteiger partial charge in [0.15, 0.2) is 10.9 Å². The number of aryl methyl sites for hydroxylation is 1. The summed E-state index contributed by atoms with van der Waals surface area (Å²) in [5, 5.41) is 11.0. The van der Waals surface area contributed by atoms with Crippen LogP contribution in [0.2, 0.25) is 5.02 Å². The number of halogens is 1. The summed E-state index contributed by atoms with van der Waals surface area (Å²) in [6.45, 7) is 3.62. The third-order valence-electron chi connectivity index (χ3n) is 4.07. The molecule has 25 heavy (non-hydrogen) atoms. The number of carbonyl (C=O) groups excluding carboxylic acids is 1. The molecule has 130 valence electrons. The minimum atomic E-state index is -0.381. The summed E-state index contributed by atoms with van der Waals surface area (Å²) in [5.41, 5.74) is 2.21. The van der Waals surface area contributed by atoms with Crippen molar-refractivity contribution in [1.82, 2.24) is 15.4 Å². The molecule has 6 nitrogen and oxygen atoms in total. The van der Waals surface area contributed by atoms with Crippen LogP contribution in [-0.4, -0.2) is 28.1 Å². The Morgan fingerprint density at radius 3 is 2.64 bits per heavy atom. The van der Waals surface area contributed by atoms with Gasteiger partial charge in [-0.2, -0.15) is 0 Å². The smallest absolute Gasteiger partial charge is 0.257 e. The van der Waals surface area contributed by atoms with Crippen molar-refractivity contribution in [3.8, 4) is 0 Å². The lowest BCUT2D eigenvalue weighted by Gasteiger charge is -2.35. The highest BCUT2D eigenvalue weighted by Gasteiger charge is 2.32. The van der Waals surface area contributed by atoms with Gasteiger partial charge in [0.25, 0.3) is 5.91 Å². The van der Waals surface area contributed by atoms with Crippen LogP contribution in [0, 0.1) is 6.92 Å². The predicted molar refractivity (Wildman–Crippen MR) is 100 cm³/mol. The Balaban J connectivity index is 1.99. The van der Waals surface area contributed by atoms with Crippen LogP contribution in [0.25, 0.3) is 0 Å². The highest BCUT2D eigenvalue weighted by Crippen LogP contribution is 2.31. The molecule has 3 rings (SSSR count). The quantitative estimate of drug-likeness (QED) is 0.800. The van der Waals surface area contributed by atoms with Gasteiger partial charge in [0.05, 0.1) is 11.6 Å². The monoisotopic (exact) mass is 376 g/mol. The van der Waals surface area contributed by atoms with Gasteiger partial charge in [-0.05, 0) is 43.8 Å². The van der Waals surface area contributed by atoms with E-state index in [2.05, 4.69) is 15.8 Å². The zero-order valence-corrected chi connectivity index (χ0v) is 15.5. The second kappa shape index (κ2) is 6.85. The van der Waals surface area contributed by atoms with Crippen LogP contribution in [0.5, 0.6) is 0 Å². The number of amides is 1. The van der Waals surface area contributed by atoms with Crippen LogP contribution in [-0.2, 0) is 4.79 Å². The third kappa shape index (κ3) is 3.52. The van der Waals surface area contributed by atoms with E-state index in [1.807, 2.05) is 26.1 Å². The molecule has 0 radical (unpaired) electrons. The molecule has 1 aliphatic heterocycles. The van der Waals surface area contributed by atoms with E-state index in [-0.39, 0.29) is 11.9 Å². The number of allylic oxidation sites excluding steroid dienone is 1. The van der Waals surface area contributed by atoms with Crippen molar-refractivity contribution in [3.05, 3.63) is 57.9 Å². The van der Waals surface area contributed by atoms with Gasteiger partial charge in [-0.3, -0.25) is 4.79 Å². The van der Waals surface area contributed by atoms with Gasteiger partial charge in [-0.1, -0.05) is 28.9 Å². The van der Waals surface area contributed by atoms with E-state index < -0.39 is 0 Å². The maximum atomic E-state index is 12.9. The van der Waals surface area contributed by atoms with Crippen LogP contribution in [0.3, 0.4) is 0 Å². The van der Waals surface area contributed by atoms with E-state index in [0.717, 1.165) is 11.3 Å². The Hall–Kier alpha value is -2.38. The van der Waals surface area contributed by atoms with Crippen molar-refractivity contribution in [3.63, 3.8) is 0 Å². The summed E-state index contributed by atoms with van der Waals surface area (Å²) in [6.07, 6.45) is 0.